The number of unbranched alkanes of at least 4 members (excludes halogenated alkanes) is 12. The predicted octanol–water partition coefficient (Wildman–Crippen LogP) is 7.49. The Balaban J connectivity index is 2.52. The van der Waals surface area contributed by atoms with Gasteiger partial charge in [0.05, 0.1) is 0 Å². The van der Waals surface area contributed by atoms with Crippen LogP contribution in [0.5, 0.6) is 0 Å². The molecule has 0 saturated carbocycles. The number of rotatable bonds is 20. The predicted molar refractivity (Wildman–Crippen MR) is 129 cm³/mol. The number of hydrogen-bond acceptors (Lipinski definition) is 2. The van der Waals surface area contributed by atoms with Gasteiger partial charge in [-0.2, -0.15) is 0 Å². The quantitative estimate of drug-likeness (QED) is 0.223. The van der Waals surface area contributed by atoms with E-state index in [-0.39, 0.29) is 0 Å². The fourth-order valence-electron chi connectivity index (χ4n) is 4.18. The van der Waals surface area contributed by atoms with E-state index in [0.29, 0.717) is 6.42 Å². The molecular weight excluding hydrogens is 370 g/mol. The van der Waals surface area contributed by atoms with Gasteiger partial charge in [-0.3, -0.25) is 9.69 Å². The van der Waals surface area contributed by atoms with E-state index >= 15 is 0 Å². The molecule has 3 heteroatoms. The Bertz CT molecular complexity index is 499. The zero-order chi connectivity index (χ0) is 21.9. The van der Waals surface area contributed by atoms with Gasteiger partial charge < -0.3 is 5.11 Å². The summed E-state index contributed by atoms with van der Waals surface area (Å²) in [5.74, 6) is -0.676. The van der Waals surface area contributed by atoms with Crippen molar-refractivity contribution in [3.8, 4) is 0 Å². The minimum absolute atomic E-state index is 0.410. The molecule has 1 rings (SSSR count). The average molecular weight is 418 g/mol. The van der Waals surface area contributed by atoms with Gasteiger partial charge >= 0.3 is 5.97 Å². The molecule has 0 aliphatic rings. The first-order chi connectivity index (χ1) is 14.7. The Kier molecular flexibility index (Phi) is 16.4. The average Bonchev–Trinajstić information content (AvgIpc) is 2.75. The van der Waals surface area contributed by atoms with Crippen molar-refractivity contribution >= 4 is 5.97 Å². The Morgan fingerprint density at radius 3 is 1.60 bits per heavy atom. The number of hydrogen-bond donors (Lipinski definition) is 1. The molecule has 0 fully saturated rings. The van der Waals surface area contributed by atoms with Crippen molar-refractivity contribution in [3.63, 3.8) is 0 Å². The van der Waals surface area contributed by atoms with Crippen molar-refractivity contribution in [3.05, 3.63) is 35.9 Å². The molecule has 0 saturated heterocycles. The van der Waals surface area contributed by atoms with E-state index in [0.717, 1.165) is 31.5 Å². The van der Waals surface area contributed by atoms with E-state index in [9.17, 15) is 9.90 Å². The number of carboxylic acids is 1. The number of carbonyl (C=O) groups is 1. The molecule has 0 aromatic heterocycles. The van der Waals surface area contributed by atoms with Gasteiger partial charge in [-0.15, -0.1) is 0 Å². The van der Waals surface area contributed by atoms with E-state index < -0.39 is 12.0 Å². The summed E-state index contributed by atoms with van der Waals surface area (Å²) in [6.07, 6.45) is 18.4. The van der Waals surface area contributed by atoms with Gasteiger partial charge in [0, 0.05) is 0 Å². The molecule has 1 aromatic carbocycles. The molecule has 0 unspecified atom stereocenters. The van der Waals surface area contributed by atoms with E-state index in [1.54, 1.807) is 0 Å². The first-order valence-corrected chi connectivity index (χ1v) is 12.7. The van der Waals surface area contributed by atoms with Crippen LogP contribution in [0.3, 0.4) is 0 Å². The van der Waals surface area contributed by atoms with Gasteiger partial charge in [0.2, 0.25) is 0 Å². The molecule has 3 nitrogen and oxygen atoms in total. The summed E-state index contributed by atoms with van der Waals surface area (Å²) in [6, 6.07) is 9.70. The van der Waals surface area contributed by atoms with E-state index in [1.165, 1.54) is 77.0 Å². The number of nitrogens with zero attached hydrogens (tertiary/aromatic N) is 1. The first kappa shape index (κ1) is 26.7. The molecule has 0 aliphatic carbocycles. The van der Waals surface area contributed by atoms with Crippen LogP contribution in [0.4, 0.5) is 0 Å². The molecule has 30 heavy (non-hydrogen) atoms. The van der Waals surface area contributed by atoms with Crippen molar-refractivity contribution in [1.29, 1.82) is 0 Å². The summed E-state index contributed by atoms with van der Waals surface area (Å²) in [4.78, 5) is 14.4. The second-order valence-corrected chi connectivity index (χ2v) is 8.82. The van der Waals surface area contributed by atoms with Crippen LogP contribution in [-0.4, -0.2) is 35.1 Å². The van der Waals surface area contributed by atoms with Crippen molar-refractivity contribution in [2.75, 3.05) is 13.1 Å². The van der Waals surface area contributed by atoms with E-state index in [2.05, 4.69) is 30.9 Å². The Morgan fingerprint density at radius 2 is 1.17 bits per heavy atom. The summed E-state index contributed by atoms with van der Waals surface area (Å²) >= 11 is 0. The topological polar surface area (TPSA) is 40.5 Å². The number of aliphatic carboxylic acids is 1. The second kappa shape index (κ2) is 18.4. The van der Waals surface area contributed by atoms with Crippen LogP contribution in [0.2, 0.25) is 0 Å². The smallest absolute Gasteiger partial charge is 0.321 e. The van der Waals surface area contributed by atoms with E-state index in [1.807, 2.05) is 18.2 Å². The Morgan fingerprint density at radius 1 is 0.733 bits per heavy atom. The Hall–Kier alpha value is -1.35. The Labute approximate surface area is 186 Å². The van der Waals surface area contributed by atoms with Crippen LogP contribution in [0, 0.1) is 0 Å². The fourth-order valence-corrected chi connectivity index (χ4v) is 4.18. The van der Waals surface area contributed by atoms with Crippen LogP contribution in [-0.2, 0) is 11.2 Å². The molecule has 0 amide bonds. The third kappa shape index (κ3) is 13.1. The second-order valence-electron chi connectivity index (χ2n) is 8.82. The van der Waals surface area contributed by atoms with Crippen LogP contribution < -0.4 is 0 Å². The molecular formula is C27H47NO2. The van der Waals surface area contributed by atoms with Crippen LogP contribution in [0.25, 0.3) is 0 Å². The third-order valence-corrected chi connectivity index (χ3v) is 6.10. The standard InChI is InChI=1S/C27H47NO2/c1-3-5-7-9-11-13-18-22-28(23-19-14-12-10-8-6-4-2)26(27(29)30)24-25-20-16-15-17-21-25/h15-17,20-21,26H,3-14,18-19,22-24H2,1-2H3,(H,29,30)/t26-/m0/s1. The van der Waals surface area contributed by atoms with Crippen molar-refractivity contribution in [2.24, 2.45) is 0 Å². The van der Waals surface area contributed by atoms with Gasteiger partial charge in [0.25, 0.3) is 0 Å². The zero-order valence-electron chi connectivity index (χ0n) is 19.8. The number of benzene rings is 1. The summed E-state index contributed by atoms with van der Waals surface area (Å²) in [5, 5.41) is 9.96. The normalized spacial score (nSPS) is 12.4. The van der Waals surface area contributed by atoms with Crippen LogP contribution in [0.15, 0.2) is 30.3 Å². The van der Waals surface area contributed by atoms with Gasteiger partial charge in [-0.05, 0) is 37.9 Å². The lowest BCUT2D eigenvalue weighted by molar-refractivity contribution is -0.143. The lowest BCUT2D eigenvalue weighted by Crippen LogP contribution is -2.43. The maximum absolute atomic E-state index is 12.1. The highest BCUT2D eigenvalue weighted by Crippen LogP contribution is 2.15. The van der Waals surface area contributed by atoms with Crippen LogP contribution >= 0.6 is 0 Å². The zero-order valence-corrected chi connectivity index (χ0v) is 19.8. The minimum Gasteiger partial charge on any atom is -0.480 e. The summed E-state index contributed by atoms with van der Waals surface area (Å²) in [6.45, 7) is 6.32. The molecule has 0 spiro atoms. The molecule has 0 radical (unpaired) electrons. The van der Waals surface area contributed by atoms with Crippen molar-refractivity contribution < 1.29 is 9.90 Å². The lowest BCUT2D eigenvalue weighted by atomic mass is 10.0. The van der Waals surface area contributed by atoms with Crippen LogP contribution in [0.1, 0.15) is 109 Å². The minimum atomic E-state index is -0.676. The van der Waals surface area contributed by atoms with Gasteiger partial charge in [-0.1, -0.05) is 121 Å². The molecule has 172 valence electrons. The highest BCUT2D eigenvalue weighted by atomic mass is 16.4. The van der Waals surface area contributed by atoms with Crippen molar-refractivity contribution in [2.45, 2.75) is 116 Å². The van der Waals surface area contributed by atoms with Gasteiger partial charge in [0.15, 0.2) is 0 Å². The fraction of sp³-hybridized carbons (Fsp3) is 0.741. The number of carboxylic acid groups (broad SMARTS) is 1. The summed E-state index contributed by atoms with van der Waals surface area (Å²) in [5.41, 5.74) is 1.12. The SMILES string of the molecule is CCCCCCCCCN(CCCCCCCCC)[C@@H](Cc1ccccc1)C(=O)O. The lowest BCUT2D eigenvalue weighted by Gasteiger charge is -2.29. The van der Waals surface area contributed by atoms with Gasteiger partial charge in [-0.25, -0.2) is 0 Å². The largest absolute Gasteiger partial charge is 0.480 e. The molecule has 0 bridgehead atoms. The highest BCUT2D eigenvalue weighted by molar-refractivity contribution is 5.74. The molecule has 1 atom stereocenters. The molecule has 0 heterocycles. The monoisotopic (exact) mass is 417 g/mol. The summed E-state index contributed by atoms with van der Waals surface area (Å²) in [7, 11) is 0. The highest BCUT2D eigenvalue weighted by Gasteiger charge is 2.25. The molecule has 1 aromatic rings. The maximum Gasteiger partial charge on any atom is 0.321 e. The van der Waals surface area contributed by atoms with Crippen molar-refractivity contribution in [1.82, 2.24) is 4.90 Å². The first-order valence-electron chi connectivity index (χ1n) is 12.7. The molecule has 0 aliphatic heterocycles. The molecule has 1 N–H and O–H groups in total. The maximum atomic E-state index is 12.1. The third-order valence-electron chi connectivity index (χ3n) is 6.10. The van der Waals surface area contributed by atoms with E-state index in [4.69, 9.17) is 0 Å². The summed E-state index contributed by atoms with van der Waals surface area (Å²) < 4.78 is 0. The van der Waals surface area contributed by atoms with Gasteiger partial charge in [0.1, 0.15) is 6.04 Å².